The van der Waals surface area contributed by atoms with Crippen LogP contribution < -0.4 is 26.3 Å². The fourth-order valence-electron chi connectivity index (χ4n) is 9.07. The molecule has 7 heterocycles. The molecular formula is C43H52N8O7. The van der Waals surface area contributed by atoms with E-state index in [9.17, 15) is 19.2 Å². The molecule has 4 amide bonds. The lowest BCUT2D eigenvalue weighted by Crippen LogP contribution is -2.47. The normalized spacial score (nSPS) is 23.8. The van der Waals surface area contributed by atoms with Gasteiger partial charge in [0.05, 0.1) is 42.6 Å². The van der Waals surface area contributed by atoms with Gasteiger partial charge in [-0.25, -0.2) is 9.67 Å². The van der Waals surface area contributed by atoms with E-state index >= 15 is 0 Å². The number of likely N-dealkylation sites (tertiary alicyclic amines) is 2. The van der Waals surface area contributed by atoms with Crippen LogP contribution in [0.5, 0.6) is 11.5 Å². The van der Waals surface area contributed by atoms with Crippen molar-refractivity contribution in [1.29, 1.82) is 0 Å². The van der Waals surface area contributed by atoms with Crippen molar-refractivity contribution in [3.05, 3.63) is 71.0 Å². The summed E-state index contributed by atoms with van der Waals surface area (Å²) in [6.45, 7) is 7.26. The number of nitrogens with zero attached hydrogens (tertiary/aromatic N) is 5. The minimum Gasteiger partial charge on any atom is -0.493 e. The first kappa shape index (κ1) is 39.1. The quantitative estimate of drug-likeness (QED) is 0.237. The summed E-state index contributed by atoms with van der Waals surface area (Å²) in [5, 5.41) is 8.03. The maximum Gasteiger partial charge on any atom is 0.314 e. The molecule has 3 fully saturated rings. The lowest BCUT2D eigenvalue weighted by atomic mass is 9.88. The average Bonchev–Trinajstić information content (AvgIpc) is 4.03. The van der Waals surface area contributed by atoms with Crippen LogP contribution in [0.1, 0.15) is 99.4 Å². The van der Waals surface area contributed by atoms with Crippen molar-refractivity contribution in [1.82, 2.24) is 24.6 Å². The predicted octanol–water partition coefficient (Wildman–Crippen LogP) is 4.99. The Kier molecular flexibility index (Phi) is 11.2. The number of para-hydroxylation sites is 2. The van der Waals surface area contributed by atoms with Crippen LogP contribution in [0.3, 0.4) is 0 Å². The molecule has 15 heteroatoms. The van der Waals surface area contributed by atoms with Crippen LogP contribution in [0, 0.1) is 11.8 Å². The van der Waals surface area contributed by atoms with Crippen LogP contribution in [-0.4, -0.2) is 81.1 Å². The van der Waals surface area contributed by atoms with Gasteiger partial charge in [-0.1, -0.05) is 50.2 Å². The highest BCUT2D eigenvalue weighted by Gasteiger charge is 2.38. The van der Waals surface area contributed by atoms with Gasteiger partial charge in [-0.2, -0.15) is 5.10 Å². The molecule has 9 rings (SSSR count). The smallest absolute Gasteiger partial charge is 0.314 e. The fraction of sp³-hybridized carbons (Fsp3) is 0.488. The van der Waals surface area contributed by atoms with Gasteiger partial charge in [-0.05, 0) is 67.9 Å². The van der Waals surface area contributed by atoms with E-state index in [2.05, 4.69) is 41.4 Å². The summed E-state index contributed by atoms with van der Waals surface area (Å²) < 4.78 is 19.3. The maximum atomic E-state index is 13.6. The first-order chi connectivity index (χ1) is 28.1. The first-order valence-corrected chi connectivity index (χ1v) is 20.5. The van der Waals surface area contributed by atoms with E-state index in [1.165, 1.54) is 11.8 Å². The number of ether oxygens (including phenoxy) is 3. The number of nitrogen functional groups attached to an aromatic ring is 1. The SMILES string of the molecule is C[C@H]1CC[C@H](c2cccc3c2OCC3)N(C(=O)C(=O)Nc2cnc(N)c3cn(C4CCCCO4)nc23)C1.C[C@H]1CC[C@H](c2cccc3c2OCC3)N(C(=O)C(N)=O)C1. The van der Waals surface area contributed by atoms with Crippen molar-refractivity contribution in [3.8, 4) is 11.5 Å². The first-order valence-electron chi connectivity index (χ1n) is 20.5. The second kappa shape index (κ2) is 16.6. The number of anilines is 2. The molecule has 2 aromatic heterocycles. The number of carbonyl (C=O) groups is 4. The number of nitrogens with two attached hydrogens (primary N) is 2. The van der Waals surface area contributed by atoms with Gasteiger partial charge in [-0.15, -0.1) is 0 Å². The monoisotopic (exact) mass is 792 g/mol. The molecule has 2 aromatic carbocycles. The molecule has 3 saturated heterocycles. The van der Waals surface area contributed by atoms with Crippen LogP contribution in [-0.2, 0) is 36.8 Å². The number of aromatic nitrogens is 3. The van der Waals surface area contributed by atoms with Crippen molar-refractivity contribution < 1.29 is 33.4 Å². The van der Waals surface area contributed by atoms with Gasteiger partial charge in [-0.3, -0.25) is 19.2 Å². The highest BCUT2D eigenvalue weighted by atomic mass is 16.5. The molecule has 0 bridgehead atoms. The van der Waals surface area contributed by atoms with E-state index in [1.54, 1.807) is 20.7 Å². The number of rotatable bonds is 4. The molecule has 58 heavy (non-hydrogen) atoms. The van der Waals surface area contributed by atoms with Crippen molar-refractivity contribution in [2.24, 2.45) is 17.6 Å². The Morgan fingerprint density at radius 1 is 0.776 bits per heavy atom. The number of nitrogens with one attached hydrogen (secondary N) is 1. The lowest BCUT2D eigenvalue weighted by Gasteiger charge is -2.39. The number of carbonyl (C=O) groups excluding carboxylic acids is 4. The van der Waals surface area contributed by atoms with E-state index in [0.717, 1.165) is 86.0 Å². The molecule has 0 aliphatic carbocycles. The Labute approximate surface area is 337 Å². The summed E-state index contributed by atoms with van der Waals surface area (Å²) in [6, 6.07) is 11.8. The number of benzene rings is 2. The summed E-state index contributed by atoms with van der Waals surface area (Å²) in [4.78, 5) is 57.9. The molecule has 0 spiro atoms. The zero-order valence-electron chi connectivity index (χ0n) is 33.2. The molecule has 4 aromatic rings. The molecule has 0 radical (unpaired) electrons. The summed E-state index contributed by atoms with van der Waals surface area (Å²) >= 11 is 0. The molecular weight excluding hydrogens is 741 g/mol. The molecule has 1 unspecified atom stereocenters. The summed E-state index contributed by atoms with van der Waals surface area (Å²) in [6.07, 6.45) is 11.4. The van der Waals surface area contributed by atoms with Crippen molar-refractivity contribution in [2.75, 3.05) is 44.0 Å². The molecule has 306 valence electrons. The van der Waals surface area contributed by atoms with E-state index in [-0.39, 0.29) is 18.3 Å². The van der Waals surface area contributed by atoms with Gasteiger partial charge in [0.15, 0.2) is 0 Å². The highest BCUT2D eigenvalue weighted by molar-refractivity contribution is 6.40. The van der Waals surface area contributed by atoms with Crippen molar-refractivity contribution in [3.63, 3.8) is 0 Å². The number of piperidine rings is 2. The minimum atomic E-state index is -0.886. The maximum absolute atomic E-state index is 13.6. The van der Waals surface area contributed by atoms with Gasteiger partial charge in [0.2, 0.25) is 0 Å². The van der Waals surface area contributed by atoms with Gasteiger partial charge < -0.3 is 40.8 Å². The van der Waals surface area contributed by atoms with Crippen LogP contribution in [0.2, 0.25) is 0 Å². The van der Waals surface area contributed by atoms with Crippen molar-refractivity contribution in [2.45, 2.75) is 89.9 Å². The molecule has 5 N–H and O–H groups in total. The third kappa shape index (κ3) is 7.79. The third-order valence-electron chi connectivity index (χ3n) is 12.1. The summed E-state index contributed by atoms with van der Waals surface area (Å²) in [5.74, 6) is -0.0476. The number of amides is 4. The zero-order valence-corrected chi connectivity index (χ0v) is 33.2. The van der Waals surface area contributed by atoms with Crippen molar-refractivity contribution >= 4 is 46.0 Å². The Balaban J connectivity index is 0.000000189. The van der Waals surface area contributed by atoms with Crippen LogP contribution in [0.4, 0.5) is 11.5 Å². The van der Waals surface area contributed by atoms with E-state index < -0.39 is 23.6 Å². The van der Waals surface area contributed by atoms with Gasteiger partial charge >= 0.3 is 23.6 Å². The fourth-order valence-corrected chi connectivity index (χ4v) is 9.07. The van der Waals surface area contributed by atoms with Gasteiger partial charge in [0.25, 0.3) is 0 Å². The van der Waals surface area contributed by atoms with Gasteiger partial charge in [0, 0.05) is 49.9 Å². The Morgan fingerprint density at radius 3 is 1.95 bits per heavy atom. The van der Waals surface area contributed by atoms with E-state index in [0.29, 0.717) is 67.2 Å². The largest absolute Gasteiger partial charge is 0.493 e. The molecule has 5 aliphatic heterocycles. The lowest BCUT2D eigenvalue weighted by molar-refractivity contribution is -0.147. The van der Waals surface area contributed by atoms with Crippen LogP contribution in [0.25, 0.3) is 10.9 Å². The van der Waals surface area contributed by atoms with Crippen LogP contribution in [0.15, 0.2) is 48.8 Å². The van der Waals surface area contributed by atoms with Crippen LogP contribution >= 0.6 is 0 Å². The summed E-state index contributed by atoms with van der Waals surface area (Å²) in [5.41, 5.74) is 16.5. The Hall–Kier alpha value is -5.70. The second-order valence-corrected chi connectivity index (χ2v) is 16.2. The minimum absolute atomic E-state index is 0.116. The number of pyridine rings is 1. The highest BCUT2D eigenvalue weighted by Crippen LogP contribution is 2.43. The second-order valence-electron chi connectivity index (χ2n) is 16.2. The molecule has 0 saturated carbocycles. The Bertz CT molecular complexity index is 2220. The summed E-state index contributed by atoms with van der Waals surface area (Å²) in [7, 11) is 0. The van der Waals surface area contributed by atoms with E-state index in [1.807, 2.05) is 24.3 Å². The predicted molar refractivity (Wildman–Crippen MR) is 216 cm³/mol. The molecule has 15 nitrogen and oxygen atoms in total. The van der Waals surface area contributed by atoms with E-state index in [4.69, 9.17) is 25.7 Å². The van der Waals surface area contributed by atoms with Gasteiger partial charge in [0.1, 0.15) is 29.1 Å². The number of hydrogen-bond acceptors (Lipinski definition) is 10. The number of fused-ring (bicyclic) bond motifs is 3. The zero-order chi connectivity index (χ0) is 40.5. The number of hydrogen-bond donors (Lipinski definition) is 3. The average molecular weight is 793 g/mol. The molecule has 5 aliphatic rings. The Morgan fingerprint density at radius 2 is 1.38 bits per heavy atom. The third-order valence-corrected chi connectivity index (χ3v) is 12.1. The number of primary amides is 1. The topological polar surface area (TPSA) is 197 Å². The standard InChI is InChI=1S/C27H32N6O4.C16H20N2O3/c1-16-8-9-21(18-6-4-5-17-10-12-37-24(17)18)32(14-16)27(35)26(34)30-20-13-29-25(28)19-15-33(31-23(19)20)22-7-2-3-11-36-22;1-10-5-6-13(18(9-10)16(20)15(17)19)12-4-2-3-11-7-8-21-14(11)12/h4-6,13,15-16,21-22H,2-3,7-12,14H2,1H3,(H2,28,29)(H,30,34);2-4,10,13H,5-9H2,1H3,(H2,17,19)/t16-,21+,22?;10-,13+/m00/s1. The molecule has 5 atom stereocenters.